The molecule has 2 aromatic rings. The third-order valence-electron chi connectivity index (χ3n) is 2.02. The summed E-state index contributed by atoms with van der Waals surface area (Å²) >= 11 is 1.34. The first-order chi connectivity index (χ1) is 7.79. The van der Waals surface area contributed by atoms with E-state index in [1.807, 2.05) is 24.3 Å². The zero-order valence-electron chi connectivity index (χ0n) is 8.84. The zero-order chi connectivity index (χ0) is 11.4. The van der Waals surface area contributed by atoms with Crippen LogP contribution in [0.2, 0.25) is 0 Å². The number of hydrogen-bond donors (Lipinski definition) is 1. The van der Waals surface area contributed by atoms with Crippen LogP contribution in [-0.2, 0) is 6.61 Å². The van der Waals surface area contributed by atoms with E-state index < -0.39 is 0 Å². The highest BCUT2D eigenvalue weighted by molar-refractivity contribution is 7.06. The number of hydrogen-bond acceptors (Lipinski definition) is 5. The SMILES string of the molecule is COc1ccccc1OCc1cc(N)ns1. The number of ether oxygens (including phenoxy) is 2. The lowest BCUT2D eigenvalue weighted by atomic mass is 10.3. The minimum absolute atomic E-state index is 0.454. The van der Waals surface area contributed by atoms with Crippen LogP contribution < -0.4 is 15.2 Å². The molecule has 1 heterocycles. The van der Waals surface area contributed by atoms with Gasteiger partial charge in [0.1, 0.15) is 12.4 Å². The Bertz CT molecular complexity index is 471. The molecule has 4 nitrogen and oxygen atoms in total. The molecule has 84 valence electrons. The lowest BCUT2D eigenvalue weighted by Gasteiger charge is -2.08. The Kier molecular flexibility index (Phi) is 3.26. The lowest BCUT2D eigenvalue weighted by molar-refractivity contribution is 0.287. The molecule has 0 atom stereocenters. The Hall–Kier alpha value is -1.75. The second-order valence-corrected chi connectivity index (χ2v) is 4.05. The van der Waals surface area contributed by atoms with E-state index in [4.69, 9.17) is 15.2 Å². The quantitative estimate of drug-likeness (QED) is 0.885. The first kappa shape index (κ1) is 10.8. The molecule has 0 spiro atoms. The zero-order valence-corrected chi connectivity index (χ0v) is 9.66. The van der Waals surface area contributed by atoms with Crippen LogP contribution in [0, 0.1) is 0 Å². The minimum atomic E-state index is 0.454. The molecule has 0 amide bonds. The van der Waals surface area contributed by atoms with Gasteiger partial charge in [0.25, 0.3) is 0 Å². The highest BCUT2D eigenvalue weighted by Gasteiger charge is 2.04. The Morgan fingerprint density at radius 2 is 2.06 bits per heavy atom. The monoisotopic (exact) mass is 236 g/mol. The first-order valence-corrected chi connectivity index (χ1v) is 5.54. The molecule has 1 aromatic heterocycles. The normalized spacial score (nSPS) is 10.1. The van der Waals surface area contributed by atoms with E-state index in [1.165, 1.54) is 11.5 Å². The molecular formula is C11H12N2O2S. The molecule has 0 aliphatic carbocycles. The van der Waals surface area contributed by atoms with Crippen molar-refractivity contribution in [1.82, 2.24) is 4.37 Å². The molecule has 0 aliphatic heterocycles. The number of nitrogen functional groups attached to an aromatic ring is 1. The molecule has 0 unspecified atom stereocenters. The predicted octanol–water partition coefficient (Wildman–Crippen LogP) is 2.31. The van der Waals surface area contributed by atoms with Crippen molar-refractivity contribution in [2.45, 2.75) is 6.61 Å². The van der Waals surface area contributed by atoms with E-state index in [0.717, 1.165) is 16.4 Å². The molecule has 0 saturated heterocycles. The Labute approximate surface area is 97.8 Å². The van der Waals surface area contributed by atoms with E-state index >= 15 is 0 Å². The van der Waals surface area contributed by atoms with Gasteiger partial charge in [-0.3, -0.25) is 0 Å². The van der Waals surface area contributed by atoms with Gasteiger partial charge in [-0.15, -0.1) is 0 Å². The van der Waals surface area contributed by atoms with Gasteiger partial charge in [-0.25, -0.2) is 0 Å². The smallest absolute Gasteiger partial charge is 0.161 e. The van der Waals surface area contributed by atoms with Crippen molar-refractivity contribution in [1.29, 1.82) is 0 Å². The maximum atomic E-state index is 5.62. The molecular weight excluding hydrogens is 224 g/mol. The Morgan fingerprint density at radius 1 is 1.31 bits per heavy atom. The van der Waals surface area contributed by atoms with Crippen LogP contribution in [0.1, 0.15) is 4.88 Å². The average molecular weight is 236 g/mol. The third-order valence-corrected chi connectivity index (χ3v) is 2.79. The van der Waals surface area contributed by atoms with Crippen molar-refractivity contribution in [3.63, 3.8) is 0 Å². The number of methoxy groups -OCH3 is 1. The van der Waals surface area contributed by atoms with E-state index in [0.29, 0.717) is 12.4 Å². The van der Waals surface area contributed by atoms with Crippen LogP contribution in [0.15, 0.2) is 30.3 Å². The van der Waals surface area contributed by atoms with Gasteiger partial charge in [0.05, 0.1) is 12.0 Å². The summed E-state index contributed by atoms with van der Waals surface area (Å²) in [5, 5.41) is 0. The van der Waals surface area contributed by atoms with E-state index in [1.54, 1.807) is 13.2 Å². The molecule has 0 aliphatic rings. The number of benzene rings is 1. The van der Waals surface area contributed by atoms with Crippen LogP contribution in [0.4, 0.5) is 5.82 Å². The van der Waals surface area contributed by atoms with Crippen molar-refractivity contribution in [3.05, 3.63) is 35.2 Å². The van der Waals surface area contributed by atoms with Crippen LogP contribution in [0.25, 0.3) is 0 Å². The summed E-state index contributed by atoms with van der Waals surface area (Å²) in [5.74, 6) is 1.97. The summed E-state index contributed by atoms with van der Waals surface area (Å²) in [6, 6.07) is 9.33. The highest BCUT2D eigenvalue weighted by atomic mass is 32.1. The topological polar surface area (TPSA) is 57.4 Å². The van der Waals surface area contributed by atoms with Gasteiger partial charge < -0.3 is 15.2 Å². The summed E-state index contributed by atoms with van der Waals surface area (Å²) in [6.45, 7) is 0.454. The van der Waals surface area contributed by atoms with Crippen molar-refractivity contribution in [2.24, 2.45) is 0 Å². The van der Waals surface area contributed by atoms with Gasteiger partial charge in [0.2, 0.25) is 0 Å². The summed E-state index contributed by atoms with van der Waals surface area (Å²) in [6.07, 6.45) is 0. The maximum absolute atomic E-state index is 5.62. The summed E-state index contributed by atoms with van der Waals surface area (Å²) in [7, 11) is 1.62. The molecule has 16 heavy (non-hydrogen) atoms. The minimum Gasteiger partial charge on any atom is -0.493 e. The van der Waals surface area contributed by atoms with Gasteiger partial charge >= 0.3 is 0 Å². The molecule has 2 rings (SSSR count). The van der Waals surface area contributed by atoms with Gasteiger partial charge in [0, 0.05) is 0 Å². The fourth-order valence-corrected chi connectivity index (χ4v) is 1.84. The molecule has 1 aromatic carbocycles. The average Bonchev–Trinajstić information content (AvgIpc) is 2.73. The lowest BCUT2D eigenvalue weighted by Crippen LogP contribution is -1.95. The Morgan fingerprint density at radius 3 is 2.69 bits per heavy atom. The van der Waals surface area contributed by atoms with E-state index in [9.17, 15) is 0 Å². The summed E-state index contributed by atoms with van der Waals surface area (Å²) < 4.78 is 14.8. The third kappa shape index (κ3) is 2.43. The van der Waals surface area contributed by atoms with Gasteiger partial charge in [-0.1, -0.05) is 12.1 Å². The van der Waals surface area contributed by atoms with E-state index in [2.05, 4.69) is 4.37 Å². The van der Waals surface area contributed by atoms with Gasteiger partial charge in [-0.05, 0) is 29.7 Å². The van der Waals surface area contributed by atoms with Gasteiger partial charge in [-0.2, -0.15) is 4.37 Å². The van der Waals surface area contributed by atoms with Crippen molar-refractivity contribution >= 4 is 17.4 Å². The first-order valence-electron chi connectivity index (χ1n) is 4.76. The van der Waals surface area contributed by atoms with Crippen LogP contribution in [-0.4, -0.2) is 11.5 Å². The van der Waals surface area contributed by atoms with Gasteiger partial charge in [0.15, 0.2) is 11.5 Å². The van der Waals surface area contributed by atoms with Crippen LogP contribution in [0.5, 0.6) is 11.5 Å². The second-order valence-electron chi connectivity index (χ2n) is 3.16. The number of rotatable bonds is 4. The number of aromatic nitrogens is 1. The van der Waals surface area contributed by atoms with Crippen molar-refractivity contribution < 1.29 is 9.47 Å². The van der Waals surface area contributed by atoms with E-state index in [-0.39, 0.29) is 0 Å². The fraction of sp³-hybridized carbons (Fsp3) is 0.182. The molecule has 2 N–H and O–H groups in total. The Balaban J connectivity index is 2.04. The van der Waals surface area contributed by atoms with Crippen molar-refractivity contribution in [3.8, 4) is 11.5 Å². The largest absolute Gasteiger partial charge is 0.493 e. The van der Waals surface area contributed by atoms with Crippen molar-refractivity contribution in [2.75, 3.05) is 12.8 Å². The van der Waals surface area contributed by atoms with Crippen LogP contribution >= 0.6 is 11.5 Å². The number of nitrogens with two attached hydrogens (primary N) is 1. The predicted molar refractivity (Wildman–Crippen MR) is 63.9 cm³/mol. The highest BCUT2D eigenvalue weighted by Crippen LogP contribution is 2.27. The maximum Gasteiger partial charge on any atom is 0.161 e. The standard InChI is InChI=1S/C11H12N2O2S/c1-14-9-4-2-3-5-10(9)15-7-8-6-11(12)13-16-8/h2-6H,7H2,1H3,(H2,12,13). The molecule has 0 fully saturated rings. The second kappa shape index (κ2) is 4.85. The number of anilines is 1. The molecule has 5 heteroatoms. The number of para-hydroxylation sites is 2. The molecule has 0 saturated carbocycles. The van der Waals surface area contributed by atoms with Crippen LogP contribution in [0.3, 0.4) is 0 Å². The summed E-state index contributed by atoms with van der Waals surface area (Å²) in [5.41, 5.74) is 5.52. The fourth-order valence-electron chi connectivity index (χ4n) is 1.28. The number of nitrogens with zero attached hydrogens (tertiary/aromatic N) is 1. The molecule has 0 bridgehead atoms. The molecule has 0 radical (unpaired) electrons. The summed E-state index contributed by atoms with van der Waals surface area (Å²) in [4.78, 5) is 0.989.